The lowest BCUT2D eigenvalue weighted by Gasteiger charge is -2.21. The third kappa shape index (κ3) is 3.02. The fourth-order valence-electron chi connectivity index (χ4n) is 1.53. The lowest BCUT2D eigenvalue weighted by atomic mass is 9.94. The van der Waals surface area contributed by atoms with Crippen molar-refractivity contribution < 1.29 is 4.79 Å². The maximum atomic E-state index is 11.0. The molecule has 12 heavy (non-hydrogen) atoms. The van der Waals surface area contributed by atoms with Gasteiger partial charge in [0.05, 0.1) is 6.07 Å². The molecule has 1 aliphatic rings. The SMILES string of the molecule is N#CCCNC1CCCC(=O)C1. The van der Waals surface area contributed by atoms with Gasteiger partial charge in [-0.3, -0.25) is 4.79 Å². The highest BCUT2D eigenvalue weighted by molar-refractivity contribution is 5.79. The van der Waals surface area contributed by atoms with Crippen LogP contribution in [0.2, 0.25) is 0 Å². The number of hydrogen-bond donors (Lipinski definition) is 1. The average molecular weight is 166 g/mol. The van der Waals surface area contributed by atoms with E-state index in [0.29, 0.717) is 31.2 Å². The molecule has 1 atom stereocenters. The van der Waals surface area contributed by atoms with E-state index in [1.807, 2.05) is 0 Å². The predicted octanol–water partition coefficient (Wildman–Crippen LogP) is 1.00. The number of hydrogen-bond acceptors (Lipinski definition) is 3. The number of carbonyl (C=O) groups is 1. The Balaban J connectivity index is 2.15. The minimum absolute atomic E-state index is 0.333. The number of Topliss-reactive ketones (excluding diaryl/α,β-unsaturated/α-hetero) is 1. The minimum atomic E-state index is 0.333. The largest absolute Gasteiger partial charge is 0.313 e. The van der Waals surface area contributed by atoms with Crippen LogP contribution in [0.1, 0.15) is 32.1 Å². The lowest BCUT2D eigenvalue weighted by Crippen LogP contribution is -2.34. The van der Waals surface area contributed by atoms with Gasteiger partial charge in [-0.25, -0.2) is 0 Å². The summed E-state index contributed by atoms with van der Waals surface area (Å²) in [7, 11) is 0. The van der Waals surface area contributed by atoms with E-state index < -0.39 is 0 Å². The normalized spacial score (nSPS) is 23.6. The third-order valence-electron chi connectivity index (χ3n) is 2.15. The molecule has 1 N–H and O–H groups in total. The van der Waals surface area contributed by atoms with Crippen molar-refractivity contribution in [2.45, 2.75) is 38.1 Å². The van der Waals surface area contributed by atoms with E-state index in [-0.39, 0.29) is 0 Å². The summed E-state index contributed by atoms with van der Waals surface area (Å²) in [4.78, 5) is 11.0. The first-order valence-electron chi connectivity index (χ1n) is 4.45. The summed E-state index contributed by atoms with van der Waals surface area (Å²) in [6, 6.07) is 2.40. The summed E-state index contributed by atoms with van der Waals surface area (Å²) in [5.74, 6) is 0.357. The van der Waals surface area contributed by atoms with Gasteiger partial charge in [-0.1, -0.05) is 0 Å². The van der Waals surface area contributed by atoms with Crippen LogP contribution in [0.15, 0.2) is 0 Å². The number of ketones is 1. The van der Waals surface area contributed by atoms with Crippen LogP contribution in [0, 0.1) is 11.3 Å². The second-order valence-corrected chi connectivity index (χ2v) is 3.19. The molecule has 0 aromatic rings. The first-order chi connectivity index (χ1) is 5.83. The average Bonchev–Trinajstić information content (AvgIpc) is 2.05. The fraction of sp³-hybridized carbons (Fsp3) is 0.778. The Labute approximate surface area is 72.8 Å². The van der Waals surface area contributed by atoms with Crippen molar-refractivity contribution in [3.63, 3.8) is 0 Å². The van der Waals surface area contributed by atoms with Crippen molar-refractivity contribution in [2.75, 3.05) is 6.54 Å². The number of nitriles is 1. The first kappa shape index (κ1) is 9.21. The van der Waals surface area contributed by atoms with E-state index >= 15 is 0 Å². The van der Waals surface area contributed by atoms with Crippen LogP contribution in [-0.4, -0.2) is 18.4 Å². The highest BCUT2D eigenvalue weighted by Gasteiger charge is 2.17. The minimum Gasteiger partial charge on any atom is -0.313 e. The van der Waals surface area contributed by atoms with Crippen molar-refractivity contribution in [3.05, 3.63) is 0 Å². The number of nitrogens with zero attached hydrogens (tertiary/aromatic N) is 1. The van der Waals surface area contributed by atoms with E-state index in [4.69, 9.17) is 5.26 Å². The zero-order valence-corrected chi connectivity index (χ0v) is 7.18. The number of rotatable bonds is 3. The van der Waals surface area contributed by atoms with Crippen LogP contribution in [-0.2, 0) is 4.79 Å². The van der Waals surface area contributed by atoms with Crippen LogP contribution >= 0.6 is 0 Å². The van der Waals surface area contributed by atoms with Crippen molar-refractivity contribution in [1.82, 2.24) is 5.32 Å². The molecule has 1 unspecified atom stereocenters. The summed E-state index contributed by atoms with van der Waals surface area (Å²) in [6.07, 6.45) is 4.02. The van der Waals surface area contributed by atoms with Crippen molar-refractivity contribution in [2.24, 2.45) is 0 Å². The standard InChI is InChI=1S/C9H14N2O/c10-5-2-6-11-8-3-1-4-9(12)7-8/h8,11H,1-4,6-7H2. The Morgan fingerprint density at radius 1 is 1.67 bits per heavy atom. The van der Waals surface area contributed by atoms with E-state index in [1.54, 1.807) is 0 Å². The van der Waals surface area contributed by atoms with Crippen LogP contribution < -0.4 is 5.32 Å². The van der Waals surface area contributed by atoms with E-state index in [0.717, 1.165) is 19.3 Å². The van der Waals surface area contributed by atoms with Crippen molar-refractivity contribution >= 4 is 5.78 Å². The van der Waals surface area contributed by atoms with Gasteiger partial charge in [-0.05, 0) is 12.8 Å². The molecule has 66 valence electrons. The maximum Gasteiger partial charge on any atom is 0.134 e. The molecule has 1 aliphatic carbocycles. The molecule has 0 aromatic heterocycles. The number of carbonyl (C=O) groups excluding carboxylic acids is 1. The van der Waals surface area contributed by atoms with Gasteiger partial charge in [-0.15, -0.1) is 0 Å². The van der Waals surface area contributed by atoms with Gasteiger partial charge in [0.15, 0.2) is 0 Å². The molecule has 0 heterocycles. The van der Waals surface area contributed by atoms with Crippen LogP contribution in [0.4, 0.5) is 0 Å². The molecule has 1 fully saturated rings. The first-order valence-corrected chi connectivity index (χ1v) is 4.45. The molecule has 0 bridgehead atoms. The highest BCUT2D eigenvalue weighted by atomic mass is 16.1. The molecular weight excluding hydrogens is 152 g/mol. The smallest absolute Gasteiger partial charge is 0.134 e. The molecule has 0 aliphatic heterocycles. The fourth-order valence-corrected chi connectivity index (χ4v) is 1.53. The quantitative estimate of drug-likeness (QED) is 0.636. The second kappa shape index (κ2) is 4.89. The van der Waals surface area contributed by atoms with Crippen LogP contribution in [0.3, 0.4) is 0 Å². The van der Waals surface area contributed by atoms with Gasteiger partial charge >= 0.3 is 0 Å². The highest BCUT2D eigenvalue weighted by Crippen LogP contribution is 2.14. The Kier molecular flexibility index (Phi) is 3.75. The third-order valence-corrected chi connectivity index (χ3v) is 2.15. The summed E-state index contributed by atoms with van der Waals surface area (Å²) in [6.45, 7) is 0.717. The zero-order chi connectivity index (χ0) is 8.81. The lowest BCUT2D eigenvalue weighted by molar-refractivity contribution is -0.120. The van der Waals surface area contributed by atoms with Crippen molar-refractivity contribution in [3.8, 4) is 6.07 Å². The Morgan fingerprint density at radius 3 is 3.17 bits per heavy atom. The molecule has 3 heteroatoms. The summed E-state index contributed by atoms with van der Waals surface area (Å²) in [5.41, 5.74) is 0. The van der Waals surface area contributed by atoms with Gasteiger partial charge < -0.3 is 5.32 Å². The molecular formula is C9H14N2O. The molecule has 1 saturated carbocycles. The topological polar surface area (TPSA) is 52.9 Å². The molecule has 1 rings (SSSR count). The van der Waals surface area contributed by atoms with Crippen LogP contribution in [0.25, 0.3) is 0 Å². The van der Waals surface area contributed by atoms with Gasteiger partial charge in [0.25, 0.3) is 0 Å². The molecule has 0 spiro atoms. The second-order valence-electron chi connectivity index (χ2n) is 3.19. The summed E-state index contributed by atoms with van der Waals surface area (Å²) >= 11 is 0. The Morgan fingerprint density at radius 2 is 2.50 bits per heavy atom. The Bertz CT molecular complexity index is 195. The predicted molar refractivity (Wildman–Crippen MR) is 45.5 cm³/mol. The Hall–Kier alpha value is -0.880. The zero-order valence-electron chi connectivity index (χ0n) is 7.18. The van der Waals surface area contributed by atoms with Crippen molar-refractivity contribution in [1.29, 1.82) is 5.26 Å². The van der Waals surface area contributed by atoms with E-state index in [2.05, 4.69) is 11.4 Å². The number of nitrogens with one attached hydrogen (secondary N) is 1. The van der Waals surface area contributed by atoms with Gasteiger partial charge in [-0.2, -0.15) is 5.26 Å². The van der Waals surface area contributed by atoms with Gasteiger partial charge in [0, 0.05) is 31.8 Å². The molecule has 0 amide bonds. The molecule has 0 saturated heterocycles. The van der Waals surface area contributed by atoms with E-state index in [1.165, 1.54) is 0 Å². The van der Waals surface area contributed by atoms with Crippen LogP contribution in [0.5, 0.6) is 0 Å². The molecule has 3 nitrogen and oxygen atoms in total. The molecule has 0 radical (unpaired) electrons. The van der Waals surface area contributed by atoms with Gasteiger partial charge in [0.1, 0.15) is 5.78 Å². The monoisotopic (exact) mass is 166 g/mol. The van der Waals surface area contributed by atoms with Gasteiger partial charge in [0.2, 0.25) is 0 Å². The molecule has 0 aromatic carbocycles. The van der Waals surface area contributed by atoms with E-state index in [9.17, 15) is 4.79 Å². The summed E-state index contributed by atoms with van der Waals surface area (Å²) in [5, 5.41) is 11.5. The maximum absolute atomic E-state index is 11.0. The summed E-state index contributed by atoms with van der Waals surface area (Å²) < 4.78 is 0.